The molecule has 1 aromatic carbocycles. The van der Waals surface area contributed by atoms with Gasteiger partial charge in [0.2, 0.25) is 23.6 Å². The van der Waals surface area contributed by atoms with Crippen molar-refractivity contribution >= 4 is 52.4 Å². The van der Waals surface area contributed by atoms with Crippen molar-refractivity contribution in [2.45, 2.75) is 148 Å². The second-order valence-electron chi connectivity index (χ2n) is 20.5. The Morgan fingerprint density at radius 2 is 1.63 bits per heavy atom. The van der Waals surface area contributed by atoms with Gasteiger partial charge in [0.1, 0.15) is 29.5 Å². The fourth-order valence-corrected chi connectivity index (χ4v) is 10.6. The number of hydrogen-bond donors (Lipinski definition) is 4. The molecule has 0 saturated carbocycles. The predicted octanol–water partition coefficient (Wildman–Crippen LogP) is 8.57. The van der Waals surface area contributed by atoms with Gasteiger partial charge in [-0.05, 0) is 91.8 Å². The van der Waals surface area contributed by atoms with Crippen LogP contribution < -0.4 is 20.9 Å². The largest absolute Gasteiger partial charge is 0.391 e. The van der Waals surface area contributed by atoms with Gasteiger partial charge in [-0.1, -0.05) is 70.7 Å². The number of nitrogens with zero attached hydrogens (tertiary/aromatic N) is 7. The number of hydrogen-bond acceptors (Lipinski definition) is 12. The van der Waals surface area contributed by atoms with Crippen LogP contribution in [0, 0.1) is 23.7 Å². The first-order valence-corrected chi connectivity index (χ1v) is 25.9. The number of carbonyl (C=O) groups excluding carboxylic acids is 4. The zero-order valence-electron chi connectivity index (χ0n) is 41.6. The topological polar surface area (TPSA) is 197 Å². The Kier molecular flexibility index (Phi) is 17.4. The molecule has 4 N–H and O–H groups in total. The Hall–Kier alpha value is -6.06. The summed E-state index contributed by atoms with van der Waals surface area (Å²) in [5.41, 5.74) is 5.47. The highest BCUT2D eigenvalue weighted by molar-refractivity contribution is 7.13. The molecule has 3 saturated heterocycles. The third-order valence-electron chi connectivity index (χ3n) is 13.9. The van der Waals surface area contributed by atoms with E-state index >= 15 is 0 Å². The van der Waals surface area contributed by atoms with E-state index in [-0.39, 0.29) is 62.0 Å². The minimum absolute atomic E-state index is 0.00226. The number of alkyl halides is 2. The van der Waals surface area contributed by atoms with Crippen LogP contribution in [0.25, 0.3) is 10.4 Å². The van der Waals surface area contributed by atoms with E-state index in [4.69, 9.17) is 0 Å². The number of nitriles is 1. The van der Waals surface area contributed by atoms with Gasteiger partial charge in [0.25, 0.3) is 5.92 Å². The summed E-state index contributed by atoms with van der Waals surface area (Å²) < 4.78 is 28.5. The number of β-amino-alcohol motifs (C(OH)–C–C–N with tert-alkyl or cyclic N) is 1. The number of benzene rings is 1. The Morgan fingerprint density at radius 3 is 2.28 bits per heavy atom. The van der Waals surface area contributed by atoms with Crippen LogP contribution in [-0.4, -0.2) is 110 Å². The third kappa shape index (κ3) is 14.1. The number of carbonyl (C=O) groups is 4. The number of pyridine rings is 2. The van der Waals surface area contributed by atoms with Gasteiger partial charge < -0.3 is 35.8 Å². The summed E-state index contributed by atoms with van der Waals surface area (Å²) in [4.78, 5) is 73.6. The smallest absolute Gasteiger partial charge is 0.266 e. The Balaban J connectivity index is 0.810. The van der Waals surface area contributed by atoms with Crippen molar-refractivity contribution in [3.05, 3.63) is 82.6 Å². The number of amides is 4. The highest BCUT2D eigenvalue weighted by atomic mass is 32.1. The molecule has 6 heterocycles. The number of likely N-dealkylation sites (tertiary alicyclic amines) is 2. The van der Waals surface area contributed by atoms with Gasteiger partial charge in [0.05, 0.1) is 46.4 Å². The number of aliphatic hydroxyl groups is 1. The molecule has 4 atom stereocenters. The lowest BCUT2D eigenvalue weighted by Crippen LogP contribution is -2.57. The van der Waals surface area contributed by atoms with Crippen molar-refractivity contribution in [2.24, 2.45) is 5.41 Å². The highest BCUT2D eigenvalue weighted by Gasteiger charge is 2.45. The third-order valence-corrected chi connectivity index (χ3v) is 14.9. The normalized spacial score (nSPS) is 19.0. The maximum Gasteiger partial charge on any atom is 0.266 e. The standard InChI is InChI=1S/C53H68F2N10O5S/c1-34(37-14-16-39(17-15-37)48-35(2)58-33-71-48)59-50(69)42-29-41(66)31-65(42)51(70)49(52(3,4)5)62-46(67)12-10-8-6-7-9-11-13-47(68)63-23-19-38(20-24-63)40-27-44(60-43-26-36(30-56)18-22-57-43)61-45(28-40)64-25-21-53(54,55)32-64/h14-18,22,26-28,33-34,38,41-42,49,66H,6-13,19-21,23-25,29,31-32H2,1-5H3,(H,59,69)(H,62,67)(H,57,60,61)/t34-,41+,42-,49+/m0/s1. The molecule has 0 aliphatic carbocycles. The van der Waals surface area contributed by atoms with Gasteiger partial charge in [0, 0.05) is 58.1 Å². The number of rotatable bonds is 19. The van der Waals surface area contributed by atoms with E-state index in [1.54, 1.807) is 28.4 Å². The summed E-state index contributed by atoms with van der Waals surface area (Å²) in [6.45, 7) is 10.5. The molecule has 3 aromatic heterocycles. The molecule has 380 valence electrons. The van der Waals surface area contributed by atoms with Crippen LogP contribution in [0.1, 0.15) is 139 Å². The summed E-state index contributed by atoms with van der Waals surface area (Å²) in [6.07, 6.45) is 7.67. The van der Waals surface area contributed by atoms with Gasteiger partial charge in [-0.3, -0.25) is 19.2 Å². The maximum atomic E-state index is 14.2. The molecule has 0 bridgehead atoms. The maximum absolute atomic E-state index is 14.2. The van der Waals surface area contributed by atoms with Crippen molar-refractivity contribution < 1.29 is 33.1 Å². The molecule has 3 fully saturated rings. The number of halogens is 2. The zero-order chi connectivity index (χ0) is 50.9. The van der Waals surface area contributed by atoms with Gasteiger partial charge >= 0.3 is 0 Å². The van der Waals surface area contributed by atoms with Gasteiger partial charge in [-0.2, -0.15) is 5.26 Å². The van der Waals surface area contributed by atoms with Crippen molar-refractivity contribution in [1.82, 2.24) is 35.4 Å². The molecule has 7 rings (SSSR count). The van der Waals surface area contributed by atoms with E-state index in [9.17, 15) is 38.3 Å². The number of anilines is 3. The summed E-state index contributed by atoms with van der Waals surface area (Å²) in [7, 11) is 0. The SMILES string of the molecule is Cc1ncsc1-c1ccc([C@H](C)NC(=O)[C@@H]2C[C@@H](O)CN2C(=O)[C@@H](NC(=O)CCCCCCCCC(=O)N2CCC(c3cc(Nc4cc(C#N)ccn4)nc(N4CCC(F)(F)C4)c3)CC2)C(C)(C)C)cc1. The minimum atomic E-state index is -2.78. The molecule has 3 aliphatic heterocycles. The molecule has 0 radical (unpaired) electrons. The van der Waals surface area contributed by atoms with E-state index in [0.717, 1.165) is 72.2 Å². The van der Waals surface area contributed by atoms with E-state index in [2.05, 4.69) is 37.0 Å². The van der Waals surface area contributed by atoms with Gasteiger partial charge in [-0.15, -0.1) is 11.3 Å². The monoisotopic (exact) mass is 995 g/mol. The molecule has 0 spiro atoms. The molecule has 71 heavy (non-hydrogen) atoms. The number of aliphatic hydroxyl groups excluding tert-OH is 1. The minimum Gasteiger partial charge on any atom is -0.391 e. The van der Waals surface area contributed by atoms with E-state index in [1.807, 2.05) is 81.4 Å². The molecule has 4 aromatic rings. The molecule has 4 amide bonds. The summed E-state index contributed by atoms with van der Waals surface area (Å²) in [5, 5.41) is 29.2. The van der Waals surface area contributed by atoms with Crippen LogP contribution in [0.4, 0.5) is 26.2 Å². The average Bonchev–Trinajstić information content (AvgIpc) is 4.07. The van der Waals surface area contributed by atoms with Gasteiger partial charge in [0.15, 0.2) is 0 Å². The van der Waals surface area contributed by atoms with Gasteiger partial charge in [-0.25, -0.2) is 23.7 Å². The Morgan fingerprint density at radius 1 is 0.930 bits per heavy atom. The van der Waals surface area contributed by atoms with Crippen molar-refractivity contribution in [3.8, 4) is 16.5 Å². The zero-order valence-corrected chi connectivity index (χ0v) is 42.4. The quantitative estimate of drug-likeness (QED) is 0.0657. The number of aryl methyl sites for hydroxylation is 1. The van der Waals surface area contributed by atoms with Crippen LogP contribution in [0.2, 0.25) is 0 Å². The first-order chi connectivity index (χ1) is 33.9. The molecular formula is C53H68F2N10O5S. The number of aromatic nitrogens is 3. The van der Waals surface area contributed by atoms with Crippen LogP contribution >= 0.6 is 11.3 Å². The number of nitrogens with one attached hydrogen (secondary N) is 3. The van der Waals surface area contributed by atoms with E-state index < -0.39 is 42.0 Å². The van der Waals surface area contributed by atoms with Crippen LogP contribution in [-0.2, 0) is 19.2 Å². The van der Waals surface area contributed by atoms with Crippen molar-refractivity contribution in [1.29, 1.82) is 5.26 Å². The Bertz CT molecular complexity index is 2540. The van der Waals surface area contributed by atoms with Crippen LogP contribution in [0.5, 0.6) is 0 Å². The van der Waals surface area contributed by atoms with E-state index in [1.165, 1.54) is 11.1 Å². The number of unbranched alkanes of at least 4 members (excludes halogenated alkanes) is 5. The molecular weight excluding hydrogens is 927 g/mol. The van der Waals surface area contributed by atoms with Crippen molar-refractivity contribution in [2.75, 3.05) is 42.9 Å². The lowest BCUT2D eigenvalue weighted by Gasteiger charge is -2.35. The molecule has 3 aliphatic rings. The molecule has 15 nitrogen and oxygen atoms in total. The highest BCUT2D eigenvalue weighted by Crippen LogP contribution is 2.36. The van der Waals surface area contributed by atoms with Crippen LogP contribution in [0.3, 0.4) is 0 Å². The lowest BCUT2D eigenvalue weighted by molar-refractivity contribution is -0.144. The second kappa shape index (κ2) is 23.4. The fraction of sp³-hybridized carbons (Fsp3) is 0.547. The van der Waals surface area contributed by atoms with Crippen LogP contribution in [0.15, 0.2) is 60.2 Å². The first kappa shape index (κ1) is 52.8. The fourth-order valence-electron chi connectivity index (χ4n) is 9.77. The van der Waals surface area contributed by atoms with E-state index in [0.29, 0.717) is 48.9 Å². The predicted molar refractivity (Wildman–Crippen MR) is 270 cm³/mol. The summed E-state index contributed by atoms with van der Waals surface area (Å²) in [6, 6.07) is 14.9. The summed E-state index contributed by atoms with van der Waals surface area (Å²) >= 11 is 1.57. The summed E-state index contributed by atoms with van der Waals surface area (Å²) in [5.74, 6) is -2.18. The first-order valence-electron chi connectivity index (χ1n) is 25.0. The molecule has 18 heteroatoms. The van der Waals surface area contributed by atoms with Crippen molar-refractivity contribution in [3.63, 3.8) is 0 Å². The second-order valence-corrected chi connectivity index (χ2v) is 21.4. The number of thiazole rings is 1. The molecule has 0 unspecified atom stereocenters. The average molecular weight is 995 g/mol. The lowest BCUT2D eigenvalue weighted by atomic mass is 9.85. The Labute approximate surface area is 419 Å². The number of piperidine rings is 1.